The summed E-state index contributed by atoms with van der Waals surface area (Å²) in [5.41, 5.74) is 2.29. The fraction of sp³-hybridized carbons (Fsp3) is 0.273. The van der Waals surface area contributed by atoms with Crippen LogP contribution in [-0.2, 0) is 0 Å². The minimum Gasteiger partial charge on any atom is -0.324 e. The topological polar surface area (TPSA) is 87.2 Å². The van der Waals surface area contributed by atoms with Crippen molar-refractivity contribution < 1.29 is 14.0 Å². The number of nitrogens with one attached hydrogen (secondary N) is 2. The maximum absolute atomic E-state index is 13.0. The number of nitrogens with zero attached hydrogens (tertiary/aromatic N) is 3. The van der Waals surface area contributed by atoms with Gasteiger partial charge in [-0.15, -0.1) is 10.2 Å². The van der Waals surface area contributed by atoms with Gasteiger partial charge in [0.15, 0.2) is 0 Å². The highest BCUT2D eigenvalue weighted by molar-refractivity contribution is 7.13. The summed E-state index contributed by atoms with van der Waals surface area (Å²) in [6.07, 6.45) is 1.73. The molecule has 2 aromatic carbocycles. The van der Waals surface area contributed by atoms with Crippen LogP contribution in [0.25, 0.3) is 0 Å². The quantitative estimate of drug-likeness (QED) is 0.620. The molecule has 1 fully saturated rings. The van der Waals surface area contributed by atoms with E-state index in [0.29, 0.717) is 18.8 Å². The van der Waals surface area contributed by atoms with E-state index in [1.807, 2.05) is 31.2 Å². The Morgan fingerprint density at radius 2 is 1.87 bits per heavy atom. The summed E-state index contributed by atoms with van der Waals surface area (Å²) < 4.78 is 13.0. The predicted octanol–water partition coefficient (Wildman–Crippen LogP) is 4.65. The van der Waals surface area contributed by atoms with Gasteiger partial charge in [-0.25, -0.2) is 9.18 Å². The molecule has 1 aromatic heterocycles. The third-order valence-electron chi connectivity index (χ3n) is 5.18. The number of urea groups is 1. The summed E-state index contributed by atoms with van der Waals surface area (Å²) in [6.45, 7) is 3.14. The molecule has 1 aliphatic heterocycles. The lowest BCUT2D eigenvalue weighted by atomic mass is 9.99. The summed E-state index contributed by atoms with van der Waals surface area (Å²) in [6, 6.07) is 13.0. The largest absolute Gasteiger partial charge is 0.324 e. The number of para-hydroxylation sites is 1. The molecular weight excluding hydrogens is 417 g/mol. The van der Waals surface area contributed by atoms with Crippen molar-refractivity contribution in [2.75, 3.05) is 23.7 Å². The van der Waals surface area contributed by atoms with Gasteiger partial charge < -0.3 is 15.5 Å². The van der Waals surface area contributed by atoms with Gasteiger partial charge >= 0.3 is 6.03 Å². The fourth-order valence-corrected chi connectivity index (χ4v) is 4.34. The van der Waals surface area contributed by atoms with Gasteiger partial charge in [-0.2, -0.15) is 0 Å². The van der Waals surface area contributed by atoms with Crippen LogP contribution < -0.4 is 10.6 Å². The lowest BCUT2D eigenvalue weighted by molar-refractivity contribution is 0.102. The minimum absolute atomic E-state index is 0.0289. The molecule has 4 rings (SSSR count). The molecule has 0 spiro atoms. The molecule has 1 aliphatic rings. The van der Waals surface area contributed by atoms with E-state index in [0.717, 1.165) is 29.1 Å². The Morgan fingerprint density at radius 3 is 2.65 bits per heavy atom. The molecule has 31 heavy (non-hydrogen) atoms. The number of halogens is 1. The van der Waals surface area contributed by atoms with E-state index in [-0.39, 0.29) is 28.7 Å². The van der Waals surface area contributed by atoms with E-state index < -0.39 is 0 Å². The molecule has 160 valence electrons. The lowest BCUT2D eigenvalue weighted by Crippen LogP contribution is -2.41. The van der Waals surface area contributed by atoms with Crippen LogP contribution in [0.15, 0.2) is 48.5 Å². The summed E-state index contributed by atoms with van der Waals surface area (Å²) in [7, 11) is 0. The second-order valence-electron chi connectivity index (χ2n) is 7.44. The highest BCUT2D eigenvalue weighted by Crippen LogP contribution is 2.30. The van der Waals surface area contributed by atoms with Crippen molar-refractivity contribution in [1.29, 1.82) is 0 Å². The maximum atomic E-state index is 13.0. The Bertz CT molecular complexity index is 1090. The molecule has 7 nitrogen and oxygen atoms in total. The molecule has 2 heterocycles. The van der Waals surface area contributed by atoms with Crippen molar-refractivity contribution in [2.45, 2.75) is 25.7 Å². The first-order valence-electron chi connectivity index (χ1n) is 10.0. The van der Waals surface area contributed by atoms with Crippen LogP contribution in [0.2, 0.25) is 0 Å². The third kappa shape index (κ3) is 5.05. The van der Waals surface area contributed by atoms with Crippen LogP contribution in [0.1, 0.15) is 39.1 Å². The van der Waals surface area contributed by atoms with Gasteiger partial charge in [0.05, 0.1) is 0 Å². The smallest absolute Gasteiger partial charge is 0.321 e. The van der Waals surface area contributed by atoms with E-state index in [1.165, 1.54) is 35.6 Å². The van der Waals surface area contributed by atoms with Crippen molar-refractivity contribution in [3.63, 3.8) is 0 Å². The zero-order valence-corrected chi connectivity index (χ0v) is 17.8. The van der Waals surface area contributed by atoms with E-state index in [1.54, 1.807) is 4.90 Å². The number of carbonyl (C=O) groups excluding carboxylic acids is 2. The molecule has 9 heteroatoms. The summed E-state index contributed by atoms with van der Waals surface area (Å²) >= 11 is 1.22. The number of aryl methyl sites for hydroxylation is 1. The number of benzene rings is 2. The van der Waals surface area contributed by atoms with Crippen molar-refractivity contribution in [2.24, 2.45) is 0 Å². The highest BCUT2D eigenvalue weighted by Gasteiger charge is 2.28. The van der Waals surface area contributed by atoms with Gasteiger partial charge in [-0.1, -0.05) is 29.5 Å². The standard InChI is InChI=1S/C22H22FN5O2S/c1-14-5-2-3-7-18(14)25-22(30)28-12-4-6-15(13-28)20-26-27-21(31-20)19(29)24-17-10-8-16(23)9-11-17/h2-3,5,7-11,15H,4,6,12-13H2,1H3,(H,24,29)(H,25,30)/t15-/m1/s1. The average Bonchev–Trinajstić information content (AvgIpc) is 3.28. The van der Waals surface area contributed by atoms with Crippen LogP contribution in [-0.4, -0.2) is 40.1 Å². The number of hydrogen-bond donors (Lipinski definition) is 2. The Kier molecular flexibility index (Phi) is 6.22. The molecule has 2 N–H and O–H groups in total. The number of aromatic nitrogens is 2. The van der Waals surface area contributed by atoms with E-state index >= 15 is 0 Å². The molecule has 0 radical (unpaired) electrons. The van der Waals surface area contributed by atoms with Crippen LogP contribution in [0, 0.1) is 12.7 Å². The van der Waals surface area contributed by atoms with Crippen molar-refractivity contribution in [3.8, 4) is 0 Å². The Hall–Kier alpha value is -3.33. The highest BCUT2D eigenvalue weighted by atomic mass is 32.1. The van der Waals surface area contributed by atoms with Crippen LogP contribution in [0.3, 0.4) is 0 Å². The Labute approximate surface area is 183 Å². The van der Waals surface area contributed by atoms with E-state index in [2.05, 4.69) is 20.8 Å². The molecule has 3 amide bonds. The number of amides is 3. The first kappa shape index (κ1) is 20.9. The number of rotatable bonds is 4. The van der Waals surface area contributed by atoms with Gasteiger partial charge in [0.1, 0.15) is 10.8 Å². The maximum Gasteiger partial charge on any atom is 0.321 e. The predicted molar refractivity (Wildman–Crippen MR) is 118 cm³/mol. The zero-order valence-electron chi connectivity index (χ0n) is 17.0. The van der Waals surface area contributed by atoms with Crippen molar-refractivity contribution in [3.05, 3.63) is 69.9 Å². The van der Waals surface area contributed by atoms with Gasteiger partial charge in [0.2, 0.25) is 5.01 Å². The van der Waals surface area contributed by atoms with Crippen LogP contribution in [0.4, 0.5) is 20.6 Å². The molecule has 1 saturated heterocycles. The van der Waals surface area contributed by atoms with Gasteiger partial charge in [-0.05, 0) is 55.7 Å². The molecule has 0 bridgehead atoms. The van der Waals surface area contributed by atoms with E-state index in [9.17, 15) is 14.0 Å². The number of carbonyl (C=O) groups is 2. The van der Waals surface area contributed by atoms with E-state index in [4.69, 9.17) is 0 Å². The van der Waals surface area contributed by atoms with Crippen molar-refractivity contribution >= 4 is 34.6 Å². The molecule has 0 unspecified atom stereocenters. The van der Waals surface area contributed by atoms with Gasteiger partial charge in [0.25, 0.3) is 5.91 Å². The molecule has 0 aliphatic carbocycles. The number of hydrogen-bond acceptors (Lipinski definition) is 5. The number of piperidine rings is 1. The van der Waals surface area contributed by atoms with Crippen molar-refractivity contribution in [1.82, 2.24) is 15.1 Å². The Balaban J connectivity index is 1.39. The second kappa shape index (κ2) is 9.22. The fourth-order valence-electron chi connectivity index (χ4n) is 3.48. The molecule has 0 saturated carbocycles. The summed E-state index contributed by atoms with van der Waals surface area (Å²) in [4.78, 5) is 26.9. The second-order valence-corrected chi connectivity index (χ2v) is 8.45. The monoisotopic (exact) mass is 439 g/mol. The normalized spacial score (nSPS) is 16.1. The van der Waals surface area contributed by atoms with Gasteiger partial charge in [-0.3, -0.25) is 4.79 Å². The molecule has 3 aromatic rings. The van der Waals surface area contributed by atoms with Crippen LogP contribution in [0.5, 0.6) is 0 Å². The first-order valence-corrected chi connectivity index (χ1v) is 10.8. The summed E-state index contributed by atoms with van der Waals surface area (Å²) in [5.74, 6) is -0.730. The van der Waals surface area contributed by atoms with Crippen LogP contribution >= 0.6 is 11.3 Å². The third-order valence-corrected chi connectivity index (χ3v) is 6.27. The number of likely N-dealkylation sites (tertiary alicyclic amines) is 1. The SMILES string of the molecule is Cc1ccccc1NC(=O)N1CCC[C@@H](c2nnc(C(=O)Nc3ccc(F)cc3)s2)C1. The minimum atomic E-state index is -0.389. The lowest BCUT2D eigenvalue weighted by Gasteiger charge is -2.31. The summed E-state index contributed by atoms with van der Waals surface area (Å²) in [5, 5.41) is 14.8. The van der Waals surface area contributed by atoms with Gasteiger partial charge in [0, 0.05) is 30.4 Å². The average molecular weight is 440 g/mol. The molecule has 1 atom stereocenters. The zero-order chi connectivity index (χ0) is 21.8. The first-order chi connectivity index (χ1) is 15.0. The molecular formula is C22H22FN5O2S. The number of anilines is 2. The Morgan fingerprint density at radius 1 is 1.10 bits per heavy atom.